The molecule has 0 saturated carbocycles. The predicted octanol–water partition coefficient (Wildman–Crippen LogP) is 3.91. The smallest absolute Gasteiger partial charge is 0.407 e. The first-order valence-electron chi connectivity index (χ1n) is 9.60. The summed E-state index contributed by atoms with van der Waals surface area (Å²) in [5.41, 5.74) is 1.02. The van der Waals surface area contributed by atoms with Crippen molar-refractivity contribution in [3.63, 3.8) is 0 Å². The van der Waals surface area contributed by atoms with Crippen LogP contribution in [0.25, 0.3) is 0 Å². The number of esters is 1. The van der Waals surface area contributed by atoms with E-state index in [0.717, 1.165) is 5.56 Å². The monoisotopic (exact) mass is 409 g/mol. The number of benzene rings is 2. The Kier molecular flexibility index (Phi) is 7.82. The fourth-order valence-corrected chi connectivity index (χ4v) is 2.87. The van der Waals surface area contributed by atoms with E-state index >= 15 is 0 Å². The van der Waals surface area contributed by atoms with E-state index in [1.807, 2.05) is 30.3 Å². The lowest BCUT2D eigenvalue weighted by Gasteiger charge is -2.27. The molecule has 0 aliphatic rings. The molecule has 2 atom stereocenters. The van der Waals surface area contributed by atoms with Gasteiger partial charge in [-0.3, -0.25) is 0 Å². The highest BCUT2D eigenvalue weighted by molar-refractivity contribution is 5.95. The van der Waals surface area contributed by atoms with Gasteiger partial charge in [-0.25, -0.2) is 9.59 Å². The summed E-state index contributed by atoms with van der Waals surface area (Å²) < 4.78 is 10.2. The van der Waals surface area contributed by atoms with Crippen LogP contribution in [0.4, 0.5) is 10.5 Å². The number of para-hydroxylation sites is 1. The molecule has 2 N–H and O–H groups in total. The highest BCUT2D eigenvalue weighted by Gasteiger charge is 2.27. The number of hydrogen-bond acceptors (Lipinski definition) is 6. The molecule has 0 radical (unpaired) electrons. The third-order valence-corrected chi connectivity index (χ3v) is 4.19. The van der Waals surface area contributed by atoms with Gasteiger partial charge in [-0.2, -0.15) is 5.26 Å². The van der Waals surface area contributed by atoms with Crippen molar-refractivity contribution in [3.8, 4) is 6.07 Å². The van der Waals surface area contributed by atoms with Gasteiger partial charge in [0.25, 0.3) is 0 Å². The summed E-state index contributed by atoms with van der Waals surface area (Å²) >= 11 is 0. The van der Waals surface area contributed by atoms with Crippen molar-refractivity contribution in [2.24, 2.45) is 0 Å². The third kappa shape index (κ3) is 6.82. The van der Waals surface area contributed by atoms with Crippen molar-refractivity contribution in [1.29, 1.82) is 5.26 Å². The van der Waals surface area contributed by atoms with Crippen LogP contribution in [0, 0.1) is 11.3 Å². The quantitative estimate of drug-likeness (QED) is 0.673. The number of ether oxygens (including phenoxy) is 2. The molecule has 0 spiro atoms. The molecule has 0 aliphatic carbocycles. The minimum atomic E-state index is -0.830. The van der Waals surface area contributed by atoms with Gasteiger partial charge in [0, 0.05) is 5.69 Å². The first-order chi connectivity index (χ1) is 14.2. The van der Waals surface area contributed by atoms with Crippen LogP contribution in [0.15, 0.2) is 54.6 Å². The minimum Gasteiger partial charge on any atom is -0.465 e. The van der Waals surface area contributed by atoms with Crippen LogP contribution in [0.1, 0.15) is 36.7 Å². The molecule has 158 valence electrons. The predicted molar refractivity (Wildman–Crippen MR) is 114 cm³/mol. The van der Waals surface area contributed by atoms with E-state index in [1.54, 1.807) is 45.0 Å². The van der Waals surface area contributed by atoms with Crippen molar-refractivity contribution >= 4 is 17.7 Å². The highest BCUT2D eigenvalue weighted by atomic mass is 16.6. The van der Waals surface area contributed by atoms with Gasteiger partial charge < -0.3 is 20.1 Å². The third-order valence-electron chi connectivity index (χ3n) is 4.19. The molecule has 0 fully saturated rings. The van der Waals surface area contributed by atoms with E-state index in [4.69, 9.17) is 9.47 Å². The molecule has 0 aliphatic heterocycles. The molecule has 2 aromatic rings. The van der Waals surface area contributed by atoms with E-state index in [-0.39, 0.29) is 0 Å². The first-order valence-corrected chi connectivity index (χ1v) is 9.60. The maximum Gasteiger partial charge on any atom is 0.407 e. The molecular weight excluding hydrogens is 382 g/mol. The van der Waals surface area contributed by atoms with Gasteiger partial charge in [-0.1, -0.05) is 42.5 Å². The number of nitrogens with one attached hydrogen (secondary N) is 2. The second-order valence-electron chi connectivity index (χ2n) is 7.73. The average Bonchev–Trinajstić information content (AvgIpc) is 2.70. The largest absolute Gasteiger partial charge is 0.465 e. The number of carbonyl (C=O) groups is 2. The summed E-state index contributed by atoms with van der Waals surface area (Å²) in [5.74, 6) is -0.519. The Morgan fingerprint density at radius 2 is 1.70 bits per heavy atom. The molecule has 7 heteroatoms. The second kappa shape index (κ2) is 10.3. The zero-order chi connectivity index (χ0) is 22.1. The Hall–Kier alpha value is -3.53. The number of carbonyl (C=O) groups excluding carboxylic acids is 2. The first kappa shape index (κ1) is 22.8. The van der Waals surface area contributed by atoms with Gasteiger partial charge >= 0.3 is 12.1 Å². The fourth-order valence-electron chi connectivity index (χ4n) is 2.87. The van der Waals surface area contributed by atoms with E-state index in [9.17, 15) is 14.9 Å². The van der Waals surface area contributed by atoms with Crippen LogP contribution in [0.2, 0.25) is 0 Å². The Labute approximate surface area is 177 Å². The molecule has 7 nitrogen and oxygen atoms in total. The number of amides is 1. The lowest BCUT2D eigenvalue weighted by Crippen LogP contribution is -2.49. The summed E-state index contributed by atoms with van der Waals surface area (Å²) in [6.45, 7) is 5.31. The normalized spacial score (nSPS) is 12.8. The van der Waals surface area contributed by atoms with Gasteiger partial charge in [-0.15, -0.1) is 0 Å². The summed E-state index contributed by atoms with van der Waals surface area (Å²) in [5, 5.41) is 15.7. The topological polar surface area (TPSA) is 100 Å². The number of anilines is 1. The van der Waals surface area contributed by atoms with Crippen molar-refractivity contribution in [2.75, 3.05) is 12.4 Å². The summed E-state index contributed by atoms with van der Waals surface area (Å²) in [6.07, 6.45) is -0.224. The molecule has 2 aromatic carbocycles. The molecule has 0 aromatic heterocycles. The van der Waals surface area contributed by atoms with Crippen LogP contribution in [0.5, 0.6) is 0 Å². The van der Waals surface area contributed by atoms with Crippen LogP contribution in [-0.2, 0) is 15.9 Å². The van der Waals surface area contributed by atoms with E-state index in [0.29, 0.717) is 17.7 Å². The van der Waals surface area contributed by atoms with E-state index in [2.05, 4.69) is 16.7 Å². The molecule has 1 unspecified atom stereocenters. The number of methoxy groups -OCH3 is 1. The number of nitriles is 1. The van der Waals surface area contributed by atoms with Crippen LogP contribution < -0.4 is 10.6 Å². The molecule has 0 bridgehead atoms. The number of rotatable bonds is 7. The van der Waals surface area contributed by atoms with E-state index < -0.39 is 29.7 Å². The number of nitrogens with zero attached hydrogens (tertiary/aromatic N) is 1. The Balaban J connectivity index is 2.29. The Morgan fingerprint density at radius 3 is 2.30 bits per heavy atom. The summed E-state index contributed by atoms with van der Waals surface area (Å²) in [7, 11) is 1.29. The van der Waals surface area contributed by atoms with Crippen LogP contribution in [0.3, 0.4) is 0 Å². The summed E-state index contributed by atoms with van der Waals surface area (Å²) in [6, 6.07) is 17.0. The van der Waals surface area contributed by atoms with Gasteiger partial charge in [0.15, 0.2) is 0 Å². The lowest BCUT2D eigenvalue weighted by atomic mass is 9.99. The highest BCUT2D eigenvalue weighted by Crippen LogP contribution is 2.19. The molecule has 2 rings (SSSR count). The van der Waals surface area contributed by atoms with E-state index in [1.165, 1.54) is 7.11 Å². The Bertz CT molecular complexity index is 901. The van der Waals surface area contributed by atoms with Crippen LogP contribution in [-0.4, -0.2) is 36.9 Å². The number of alkyl carbamates (subject to hydrolysis) is 1. The molecule has 0 saturated heterocycles. The summed E-state index contributed by atoms with van der Waals surface area (Å²) in [4.78, 5) is 24.5. The number of hydrogen-bond donors (Lipinski definition) is 2. The van der Waals surface area contributed by atoms with Gasteiger partial charge in [0.1, 0.15) is 11.6 Å². The standard InChI is InChI=1S/C23H27N3O4/c1-23(2,3)30-22(28)26-19(14-16-10-6-5-7-11-16)20(15-24)25-18-13-9-8-12-17(18)21(27)29-4/h5-13,19-20,25H,14H2,1-4H3,(H,26,28)/t19-,20?/m0/s1. The average molecular weight is 409 g/mol. The maximum absolute atomic E-state index is 12.4. The zero-order valence-corrected chi connectivity index (χ0v) is 17.6. The Morgan fingerprint density at radius 1 is 1.07 bits per heavy atom. The van der Waals surface area contributed by atoms with Crippen molar-refractivity contribution < 1.29 is 19.1 Å². The van der Waals surface area contributed by atoms with Crippen molar-refractivity contribution in [3.05, 3.63) is 65.7 Å². The van der Waals surface area contributed by atoms with Crippen molar-refractivity contribution in [1.82, 2.24) is 5.32 Å². The molecule has 1 amide bonds. The van der Waals surface area contributed by atoms with Crippen molar-refractivity contribution in [2.45, 2.75) is 44.9 Å². The molecular formula is C23H27N3O4. The maximum atomic E-state index is 12.4. The lowest BCUT2D eigenvalue weighted by molar-refractivity contribution is 0.0501. The molecule has 0 heterocycles. The SMILES string of the molecule is COC(=O)c1ccccc1NC(C#N)[C@H](Cc1ccccc1)NC(=O)OC(C)(C)C. The minimum absolute atomic E-state index is 0.302. The fraction of sp³-hybridized carbons (Fsp3) is 0.348. The van der Waals surface area contributed by atoms with Gasteiger partial charge in [0.05, 0.1) is 24.8 Å². The van der Waals surface area contributed by atoms with Crippen LogP contribution >= 0.6 is 0 Å². The van der Waals surface area contributed by atoms with Gasteiger partial charge in [-0.05, 0) is 44.9 Å². The second-order valence-corrected chi connectivity index (χ2v) is 7.73. The zero-order valence-electron chi connectivity index (χ0n) is 17.6. The molecule has 30 heavy (non-hydrogen) atoms. The van der Waals surface area contributed by atoms with Gasteiger partial charge in [0.2, 0.25) is 0 Å².